The van der Waals surface area contributed by atoms with Gasteiger partial charge in [-0.3, -0.25) is 0 Å². The van der Waals surface area contributed by atoms with E-state index < -0.39 is 0 Å². The SMILES string of the molecule is ClCCCC1CCCN1c1nccn2nccc12. The highest BCUT2D eigenvalue weighted by molar-refractivity contribution is 6.17. The number of hydrogen-bond donors (Lipinski definition) is 0. The van der Waals surface area contributed by atoms with Crippen molar-refractivity contribution in [3.63, 3.8) is 0 Å². The lowest BCUT2D eigenvalue weighted by Crippen LogP contribution is -2.30. The average Bonchev–Trinajstić information content (AvgIpc) is 3.04. The lowest BCUT2D eigenvalue weighted by Gasteiger charge is -2.26. The van der Waals surface area contributed by atoms with Gasteiger partial charge in [-0.1, -0.05) is 0 Å². The highest BCUT2D eigenvalue weighted by Gasteiger charge is 2.26. The van der Waals surface area contributed by atoms with Crippen LogP contribution >= 0.6 is 11.6 Å². The molecule has 0 spiro atoms. The van der Waals surface area contributed by atoms with Crippen LogP contribution in [0.5, 0.6) is 0 Å². The molecular weight excluding hydrogens is 248 g/mol. The van der Waals surface area contributed by atoms with Gasteiger partial charge in [-0.15, -0.1) is 11.6 Å². The first kappa shape index (κ1) is 11.8. The van der Waals surface area contributed by atoms with Crippen LogP contribution in [0.2, 0.25) is 0 Å². The Kier molecular flexibility index (Phi) is 3.37. The van der Waals surface area contributed by atoms with E-state index >= 15 is 0 Å². The molecular formula is C13H17ClN4. The van der Waals surface area contributed by atoms with Crippen LogP contribution in [0.15, 0.2) is 24.7 Å². The van der Waals surface area contributed by atoms with Crippen LogP contribution in [0.1, 0.15) is 25.7 Å². The Morgan fingerprint density at radius 2 is 2.33 bits per heavy atom. The number of hydrogen-bond acceptors (Lipinski definition) is 3. The van der Waals surface area contributed by atoms with Gasteiger partial charge in [0.05, 0.1) is 6.20 Å². The fraction of sp³-hybridized carbons (Fsp3) is 0.538. The largest absolute Gasteiger partial charge is 0.352 e. The fourth-order valence-corrected chi connectivity index (χ4v) is 2.95. The standard InChI is InChI=1S/C13H17ClN4/c14-6-1-3-11-4-2-9-17(11)13-12-5-7-16-18(12)10-8-15-13/h5,7-8,10-11H,1-4,6,9H2. The molecule has 0 bridgehead atoms. The summed E-state index contributed by atoms with van der Waals surface area (Å²) in [6, 6.07) is 2.61. The third-order valence-electron chi connectivity index (χ3n) is 3.62. The van der Waals surface area contributed by atoms with Crippen molar-refractivity contribution in [1.82, 2.24) is 14.6 Å². The van der Waals surface area contributed by atoms with Crippen molar-refractivity contribution in [3.8, 4) is 0 Å². The smallest absolute Gasteiger partial charge is 0.154 e. The molecule has 1 saturated heterocycles. The number of aromatic nitrogens is 3. The Labute approximate surface area is 112 Å². The Morgan fingerprint density at radius 1 is 1.39 bits per heavy atom. The molecule has 1 atom stereocenters. The Bertz CT molecular complexity index is 524. The monoisotopic (exact) mass is 264 g/mol. The third kappa shape index (κ3) is 2.05. The zero-order valence-electron chi connectivity index (χ0n) is 10.3. The molecule has 0 N–H and O–H groups in total. The maximum absolute atomic E-state index is 5.80. The summed E-state index contributed by atoms with van der Waals surface area (Å²) in [5.41, 5.74) is 1.09. The summed E-state index contributed by atoms with van der Waals surface area (Å²) in [4.78, 5) is 6.97. The van der Waals surface area contributed by atoms with Crippen molar-refractivity contribution in [2.75, 3.05) is 17.3 Å². The summed E-state index contributed by atoms with van der Waals surface area (Å²) in [5.74, 6) is 1.81. The zero-order chi connectivity index (χ0) is 12.4. The number of halogens is 1. The fourth-order valence-electron chi connectivity index (χ4n) is 2.79. The van der Waals surface area contributed by atoms with Gasteiger partial charge in [0.15, 0.2) is 5.82 Å². The molecule has 2 aromatic rings. The molecule has 0 aromatic carbocycles. The summed E-state index contributed by atoms with van der Waals surface area (Å²) in [7, 11) is 0. The van der Waals surface area contributed by atoms with Crippen LogP contribution in [0.3, 0.4) is 0 Å². The van der Waals surface area contributed by atoms with E-state index in [0.717, 1.165) is 36.6 Å². The van der Waals surface area contributed by atoms with E-state index in [0.29, 0.717) is 6.04 Å². The lowest BCUT2D eigenvalue weighted by atomic mass is 10.1. The molecule has 2 aromatic heterocycles. The minimum Gasteiger partial charge on any atom is -0.352 e. The van der Waals surface area contributed by atoms with Gasteiger partial charge in [0.1, 0.15) is 5.52 Å². The molecule has 3 heterocycles. The normalized spacial score (nSPS) is 19.8. The van der Waals surface area contributed by atoms with Crippen LogP contribution in [-0.2, 0) is 0 Å². The molecule has 1 unspecified atom stereocenters. The molecule has 18 heavy (non-hydrogen) atoms. The van der Waals surface area contributed by atoms with E-state index in [2.05, 4.69) is 15.0 Å². The Morgan fingerprint density at radius 3 is 3.22 bits per heavy atom. The second-order valence-electron chi connectivity index (χ2n) is 4.73. The molecule has 1 fully saturated rings. The topological polar surface area (TPSA) is 33.4 Å². The molecule has 4 nitrogen and oxygen atoms in total. The van der Waals surface area contributed by atoms with Gasteiger partial charge < -0.3 is 4.90 Å². The van der Waals surface area contributed by atoms with Crippen molar-refractivity contribution < 1.29 is 0 Å². The van der Waals surface area contributed by atoms with Gasteiger partial charge in [0, 0.05) is 30.9 Å². The molecule has 1 aliphatic heterocycles. The summed E-state index contributed by atoms with van der Waals surface area (Å²) in [6.07, 6.45) is 10.3. The number of rotatable bonds is 4. The number of fused-ring (bicyclic) bond motifs is 1. The minimum absolute atomic E-state index is 0.581. The van der Waals surface area contributed by atoms with Crippen LogP contribution in [0, 0.1) is 0 Å². The van der Waals surface area contributed by atoms with Crippen LogP contribution in [-0.4, -0.2) is 33.1 Å². The van der Waals surface area contributed by atoms with E-state index in [4.69, 9.17) is 11.6 Å². The van der Waals surface area contributed by atoms with Crippen LogP contribution in [0.25, 0.3) is 5.52 Å². The van der Waals surface area contributed by atoms with Gasteiger partial charge in [-0.05, 0) is 31.7 Å². The first-order valence-corrected chi connectivity index (χ1v) is 7.04. The third-order valence-corrected chi connectivity index (χ3v) is 3.89. The van der Waals surface area contributed by atoms with Crippen molar-refractivity contribution in [3.05, 3.63) is 24.7 Å². The molecule has 5 heteroatoms. The Hall–Kier alpha value is -1.29. The molecule has 3 rings (SSSR count). The van der Waals surface area contributed by atoms with Gasteiger partial charge in [-0.25, -0.2) is 9.50 Å². The number of anilines is 1. The molecule has 1 aliphatic rings. The second-order valence-corrected chi connectivity index (χ2v) is 5.11. The van der Waals surface area contributed by atoms with Gasteiger partial charge in [0.2, 0.25) is 0 Å². The molecule has 0 radical (unpaired) electrons. The first-order chi connectivity index (χ1) is 8.90. The lowest BCUT2D eigenvalue weighted by molar-refractivity contribution is 0.598. The minimum atomic E-state index is 0.581. The van der Waals surface area contributed by atoms with Crippen molar-refractivity contribution >= 4 is 22.9 Å². The van der Waals surface area contributed by atoms with Crippen molar-refractivity contribution in [2.24, 2.45) is 0 Å². The van der Waals surface area contributed by atoms with E-state index in [1.807, 2.05) is 29.2 Å². The predicted octanol–water partition coefficient (Wildman–Crippen LogP) is 2.72. The second kappa shape index (κ2) is 5.14. The summed E-state index contributed by atoms with van der Waals surface area (Å²) >= 11 is 5.80. The average molecular weight is 265 g/mol. The molecule has 96 valence electrons. The molecule has 0 saturated carbocycles. The molecule has 0 amide bonds. The van der Waals surface area contributed by atoms with Crippen LogP contribution < -0.4 is 4.90 Å². The summed E-state index contributed by atoms with van der Waals surface area (Å²) in [5, 5.41) is 4.27. The predicted molar refractivity (Wildman–Crippen MR) is 73.3 cm³/mol. The zero-order valence-corrected chi connectivity index (χ0v) is 11.1. The number of alkyl halides is 1. The highest BCUT2D eigenvalue weighted by atomic mass is 35.5. The van der Waals surface area contributed by atoms with E-state index in [-0.39, 0.29) is 0 Å². The first-order valence-electron chi connectivity index (χ1n) is 6.51. The van der Waals surface area contributed by atoms with E-state index in [9.17, 15) is 0 Å². The van der Waals surface area contributed by atoms with Gasteiger partial charge >= 0.3 is 0 Å². The van der Waals surface area contributed by atoms with E-state index in [1.54, 1.807) is 0 Å². The van der Waals surface area contributed by atoms with Gasteiger partial charge in [0.25, 0.3) is 0 Å². The summed E-state index contributed by atoms with van der Waals surface area (Å²) in [6.45, 7) is 1.09. The quantitative estimate of drug-likeness (QED) is 0.796. The number of nitrogens with zero attached hydrogens (tertiary/aromatic N) is 4. The van der Waals surface area contributed by atoms with E-state index in [1.165, 1.54) is 12.8 Å². The van der Waals surface area contributed by atoms with Crippen LogP contribution in [0.4, 0.5) is 5.82 Å². The van der Waals surface area contributed by atoms with Crippen molar-refractivity contribution in [1.29, 1.82) is 0 Å². The highest BCUT2D eigenvalue weighted by Crippen LogP contribution is 2.29. The molecule has 0 aliphatic carbocycles. The maximum Gasteiger partial charge on any atom is 0.154 e. The van der Waals surface area contributed by atoms with Crippen molar-refractivity contribution in [2.45, 2.75) is 31.7 Å². The Balaban J connectivity index is 1.90. The van der Waals surface area contributed by atoms with Gasteiger partial charge in [-0.2, -0.15) is 5.10 Å². The maximum atomic E-state index is 5.80. The summed E-state index contributed by atoms with van der Waals surface area (Å²) < 4.78 is 1.89.